The van der Waals surface area contributed by atoms with Crippen molar-refractivity contribution in [3.05, 3.63) is 70.8 Å². The van der Waals surface area contributed by atoms with Crippen LogP contribution in [-0.4, -0.2) is 0 Å². The van der Waals surface area contributed by atoms with Crippen LogP contribution in [0.25, 0.3) is 0 Å². The molecule has 0 aliphatic rings. The zero-order valence-corrected chi connectivity index (χ0v) is 12.1. The number of benzene rings is 2. The first-order chi connectivity index (χ1) is 9.61. The topological polar surface area (TPSA) is 0 Å². The average molecular weight is 295 g/mol. The van der Waals surface area contributed by atoms with Crippen LogP contribution in [0.4, 0.5) is 8.78 Å². The molecule has 0 radical (unpaired) electrons. The van der Waals surface area contributed by atoms with Crippen LogP contribution >= 0.6 is 11.6 Å². The minimum absolute atomic E-state index is 0.0464. The van der Waals surface area contributed by atoms with Crippen LogP contribution in [0.1, 0.15) is 35.4 Å². The van der Waals surface area contributed by atoms with Gasteiger partial charge < -0.3 is 0 Å². The van der Waals surface area contributed by atoms with Crippen LogP contribution in [0, 0.1) is 11.6 Å². The molecule has 1 atom stereocenters. The van der Waals surface area contributed by atoms with Gasteiger partial charge in [-0.3, -0.25) is 0 Å². The number of rotatable bonds is 5. The quantitative estimate of drug-likeness (QED) is 0.644. The largest absolute Gasteiger partial charge is 0.207 e. The van der Waals surface area contributed by atoms with E-state index in [1.807, 2.05) is 24.3 Å². The molecule has 0 N–H and O–H groups in total. The molecule has 0 amide bonds. The van der Waals surface area contributed by atoms with Crippen molar-refractivity contribution in [1.82, 2.24) is 0 Å². The molecule has 0 nitrogen and oxygen atoms in total. The van der Waals surface area contributed by atoms with Crippen molar-refractivity contribution in [2.24, 2.45) is 0 Å². The standard InChI is InChI=1S/C17H17ClF2/c1-2-4-12-7-9-13(10-8-12)15(18)11-14-16(19)5-3-6-17(14)20/h3,5-10,15H,2,4,11H2,1H3. The van der Waals surface area contributed by atoms with E-state index in [4.69, 9.17) is 11.6 Å². The normalized spacial score (nSPS) is 12.4. The van der Waals surface area contributed by atoms with Crippen LogP contribution in [0.15, 0.2) is 42.5 Å². The second-order valence-corrected chi connectivity index (χ2v) is 5.39. The predicted molar refractivity (Wildman–Crippen MR) is 79.1 cm³/mol. The van der Waals surface area contributed by atoms with Gasteiger partial charge in [0.15, 0.2) is 0 Å². The zero-order valence-electron chi connectivity index (χ0n) is 11.4. The Bertz CT molecular complexity index is 543. The van der Waals surface area contributed by atoms with E-state index in [9.17, 15) is 8.78 Å². The van der Waals surface area contributed by atoms with Crippen molar-refractivity contribution in [2.45, 2.75) is 31.6 Å². The fourth-order valence-corrected chi connectivity index (χ4v) is 2.51. The summed E-state index contributed by atoms with van der Waals surface area (Å²) in [6.45, 7) is 2.12. The Morgan fingerprint density at radius 1 is 1.00 bits per heavy atom. The molecule has 106 valence electrons. The van der Waals surface area contributed by atoms with E-state index in [-0.39, 0.29) is 12.0 Å². The number of aryl methyl sites for hydroxylation is 1. The maximum atomic E-state index is 13.6. The average Bonchev–Trinajstić information content (AvgIpc) is 2.44. The summed E-state index contributed by atoms with van der Waals surface area (Å²) >= 11 is 6.28. The van der Waals surface area contributed by atoms with Gasteiger partial charge in [-0.05, 0) is 36.1 Å². The van der Waals surface area contributed by atoms with Gasteiger partial charge in [0.1, 0.15) is 11.6 Å². The number of hydrogen-bond acceptors (Lipinski definition) is 0. The van der Waals surface area contributed by atoms with Crippen LogP contribution in [0.5, 0.6) is 0 Å². The molecule has 20 heavy (non-hydrogen) atoms. The van der Waals surface area contributed by atoms with Crippen LogP contribution in [-0.2, 0) is 12.8 Å². The third kappa shape index (κ3) is 3.57. The van der Waals surface area contributed by atoms with Crippen molar-refractivity contribution in [3.8, 4) is 0 Å². The first kappa shape index (κ1) is 15.0. The zero-order chi connectivity index (χ0) is 14.5. The summed E-state index contributed by atoms with van der Waals surface area (Å²) in [5, 5.41) is -0.433. The first-order valence-corrected chi connectivity index (χ1v) is 7.21. The van der Waals surface area contributed by atoms with Gasteiger partial charge in [0.05, 0.1) is 5.38 Å². The molecule has 0 aliphatic carbocycles. The molecule has 0 spiro atoms. The lowest BCUT2D eigenvalue weighted by atomic mass is 10.0. The maximum Gasteiger partial charge on any atom is 0.129 e. The molecule has 0 saturated carbocycles. The molecule has 2 rings (SSSR count). The monoisotopic (exact) mass is 294 g/mol. The number of alkyl halides is 1. The number of hydrogen-bond donors (Lipinski definition) is 0. The van der Waals surface area contributed by atoms with E-state index in [0.717, 1.165) is 18.4 Å². The van der Waals surface area contributed by atoms with Crippen LogP contribution in [0.3, 0.4) is 0 Å². The van der Waals surface area contributed by atoms with Gasteiger partial charge in [-0.1, -0.05) is 43.7 Å². The molecule has 2 aromatic carbocycles. The lowest BCUT2D eigenvalue weighted by Gasteiger charge is -2.12. The van der Waals surface area contributed by atoms with E-state index >= 15 is 0 Å². The molecule has 0 heterocycles. The predicted octanol–water partition coefficient (Wildman–Crippen LogP) is 5.44. The second kappa shape index (κ2) is 6.85. The molecular formula is C17H17ClF2. The molecular weight excluding hydrogens is 278 g/mol. The van der Waals surface area contributed by atoms with E-state index in [0.29, 0.717) is 0 Å². The third-order valence-corrected chi connectivity index (χ3v) is 3.73. The Kier molecular flexibility index (Phi) is 5.13. The Balaban J connectivity index is 2.13. The minimum Gasteiger partial charge on any atom is -0.207 e. The Morgan fingerprint density at radius 2 is 1.60 bits per heavy atom. The van der Waals surface area contributed by atoms with Gasteiger partial charge in [0.25, 0.3) is 0 Å². The number of halogens is 3. The second-order valence-electron chi connectivity index (χ2n) is 4.86. The molecule has 1 unspecified atom stereocenters. The van der Waals surface area contributed by atoms with Crippen molar-refractivity contribution in [1.29, 1.82) is 0 Å². The summed E-state index contributed by atoms with van der Waals surface area (Å²) < 4.78 is 27.2. The van der Waals surface area contributed by atoms with Crippen molar-refractivity contribution < 1.29 is 8.78 Å². The van der Waals surface area contributed by atoms with Crippen LogP contribution < -0.4 is 0 Å². The smallest absolute Gasteiger partial charge is 0.129 e. The summed E-state index contributed by atoms with van der Waals surface area (Å²) in [4.78, 5) is 0. The Morgan fingerprint density at radius 3 is 2.15 bits per heavy atom. The summed E-state index contributed by atoms with van der Waals surface area (Å²) in [5.74, 6) is -1.09. The lowest BCUT2D eigenvalue weighted by molar-refractivity contribution is 0.553. The van der Waals surface area contributed by atoms with E-state index < -0.39 is 17.0 Å². The summed E-state index contributed by atoms with van der Waals surface area (Å²) in [7, 11) is 0. The van der Waals surface area contributed by atoms with Gasteiger partial charge in [-0.25, -0.2) is 8.78 Å². The highest BCUT2D eigenvalue weighted by Crippen LogP contribution is 2.27. The molecule has 0 bridgehead atoms. The van der Waals surface area contributed by atoms with Crippen molar-refractivity contribution in [3.63, 3.8) is 0 Å². The minimum atomic E-state index is -0.543. The van der Waals surface area contributed by atoms with Gasteiger partial charge >= 0.3 is 0 Å². The molecule has 0 aliphatic heterocycles. The summed E-state index contributed by atoms with van der Waals surface area (Å²) in [6, 6.07) is 11.8. The SMILES string of the molecule is CCCc1ccc(C(Cl)Cc2c(F)cccc2F)cc1. The van der Waals surface area contributed by atoms with Gasteiger partial charge in [-0.2, -0.15) is 0 Å². The highest BCUT2D eigenvalue weighted by atomic mass is 35.5. The highest BCUT2D eigenvalue weighted by Gasteiger charge is 2.15. The fraction of sp³-hybridized carbons (Fsp3) is 0.294. The van der Waals surface area contributed by atoms with Gasteiger partial charge in [-0.15, -0.1) is 11.6 Å². The molecule has 0 saturated heterocycles. The fourth-order valence-electron chi connectivity index (χ4n) is 2.21. The third-order valence-electron chi connectivity index (χ3n) is 3.33. The van der Waals surface area contributed by atoms with E-state index in [1.165, 1.54) is 23.8 Å². The molecule has 3 heteroatoms. The van der Waals surface area contributed by atoms with Gasteiger partial charge in [0.2, 0.25) is 0 Å². The van der Waals surface area contributed by atoms with Crippen LogP contribution in [0.2, 0.25) is 0 Å². The molecule has 0 aromatic heterocycles. The van der Waals surface area contributed by atoms with E-state index in [2.05, 4.69) is 6.92 Å². The van der Waals surface area contributed by atoms with Gasteiger partial charge in [0, 0.05) is 5.56 Å². The lowest BCUT2D eigenvalue weighted by Crippen LogP contribution is -2.01. The first-order valence-electron chi connectivity index (χ1n) is 6.77. The molecule has 0 fully saturated rings. The molecule has 2 aromatic rings. The van der Waals surface area contributed by atoms with Crippen molar-refractivity contribution >= 4 is 11.6 Å². The van der Waals surface area contributed by atoms with E-state index in [1.54, 1.807) is 0 Å². The maximum absolute atomic E-state index is 13.6. The summed E-state index contributed by atoms with van der Waals surface area (Å²) in [5.41, 5.74) is 2.18. The van der Waals surface area contributed by atoms with Crippen molar-refractivity contribution in [2.75, 3.05) is 0 Å². The highest BCUT2D eigenvalue weighted by molar-refractivity contribution is 6.20. The summed E-state index contributed by atoms with van der Waals surface area (Å²) in [6.07, 6.45) is 2.26. The Hall–Kier alpha value is -1.41. The Labute approximate surface area is 123 Å².